The van der Waals surface area contributed by atoms with Crippen molar-refractivity contribution >= 4 is 141 Å². The summed E-state index contributed by atoms with van der Waals surface area (Å²) in [5.41, 5.74) is 19.9. The molecule has 16 rings (SSSR count). The first kappa shape index (κ1) is 104. The minimum absolute atomic E-state index is 0. The van der Waals surface area contributed by atoms with Gasteiger partial charge in [-0.1, -0.05) is 110 Å². The number of imidazole rings is 3. The summed E-state index contributed by atoms with van der Waals surface area (Å²) in [6.45, 7) is 36.0. The summed E-state index contributed by atoms with van der Waals surface area (Å²) in [4.78, 5) is 79.2. The lowest BCUT2D eigenvalue weighted by Gasteiger charge is -2.40. The van der Waals surface area contributed by atoms with E-state index in [0.29, 0.717) is 44.8 Å². The maximum absolute atomic E-state index is 14.6. The number of H-pyrrole nitrogens is 3. The van der Waals surface area contributed by atoms with E-state index in [-0.39, 0.29) is 187 Å². The molecule has 0 radical (unpaired) electrons. The van der Waals surface area contributed by atoms with E-state index in [1.165, 1.54) is 91.5 Å². The Balaban J connectivity index is 0.000000172. The number of aromatic nitrogens is 12. The molecule has 0 amide bonds. The predicted molar refractivity (Wildman–Crippen MR) is 502 cm³/mol. The number of nitrogens with one attached hydrogen (secondary N) is 3. The minimum atomic E-state index is -4.08. The Labute approximate surface area is 776 Å². The molecule has 132 heavy (non-hydrogen) atoms. The van der Waals surface area contributed by atoms with E-state index in [9.17, 15) is 61.6 Å². The number of nitro groups is 1. The van der Waals surface area contributed by atoms with Gasteiger partial charge >= 0.3 is 23.5 Å². The number of nitrogens with zero attached hydrogens (tertiary/aromatic N) is 10. The number of aromatic amines is 3. The number of nitrogen functional groups attached to an aromatic ring is 3. The second-order valence-corrected chi connectivity index (χ2v) is 50.2. The smallest absolute Gasteiger partial charge is 0.413 e. The molecule has 4 aromatic carbocycles. The van der Waals surface area contributed by atoms with Gasteiger partial charge in [0.2, 0.25) is 17.8 Å². The molecule has 16 atom stereocenters. The normalized spacial score (nSPS) is 25.7. The summed E-state index contributed by atoms with van der Waals surface area (Å²) in [5, 5.41) is 32.3. The number of fused-ring (bicyclic) bond motifs is 3. The molecule has 6 aromatic heterocycles. The third-order valence-electron chi connectivity index (χ3n) is 24.2. The first-order chi connectivity index (χ1) is 61.6. The highest BCUT2D eigenvalue weighted by molar-refractivity contribution is 7.49. The molecular formula is C83H108Cl3F3N16O21P4Si2. The topological polar surface area (TPSA) is 505 Å². The largest absolute Gasteiger partial charge is 0.530 e. The molecule has 3 saturated carbocycles. The standard InChI is InChI=1S/C27H36ClFN5O6PSi.C21H22ClFN5O6P.C18H29N5O3Si.C15H12ClFNO6P.CH5P.CH4/c1-15-18(13-38-41(36)37-10-9-21(39-41)17-11-16(28)7-8-19(17)29)22(40-42(5,6)27(2,3)4)12-20(15)34-14-31-23-24(34)32-26(30)33-25(23)35;1-10-13(16(29)7-15(10)28-9-25-18-19(28)26-21(24)27-20(18)30)8-33-35(31)32-5-4-17(34-35)12-6-11(22)2-3-14(12)23;1-10-11(8-24)13(26-27(5,6)18(2,3)4)7-12(10)23-9-20-14-15(23)21-17(19)22-16(14)25;16-10-1-6-14(17)13(9-10)15-7-8-22-25(21,24-15)23-12-4-2-11(3-5-12)18(19)20;1-2;/h7-8,11,14,18,20-22H,1,9-10,12-13H2,2-6H3,(H3,30,32,33,35);2-3,6,9,13,15-17,29H,1,4-5,7-8H2,(H3,24,26,27,30);9,11-13,24H,1,7-8H2,2-6H3,(H3,19,21,22,25);1-6,9,15H,7-8H2;2H2,1H3;1H4/t18-,20?,21+,22-,41-;13-,15?,16-,17+,35-;11-,12?,13-;15-,25?;;/m0001../s1. The van der Waals surface area contributed by atoms with Gasteiger partial charge in [0, 0.05) is 80.9 Å². The number of hydrogen-bond acceptors (Lipinski definition) is 30. The molecular weight excluding hydrogens is 1900 g/mol. The molecule has 5 unspecified atom stereocenters. The fourth-order valence-electron chi connectivity index (χ4n) is 15.2. The van der Waals surface area contributed by atoms with Gasteiger partial charge in [-0.25, -0.2) is 41.8 Å². The zero-order valence-electron chi connectivity index (χ0n) is 73.3. The number of nitro benzene ring substituents is 1. The Morgan fingerprint density at radius 2 is 0.879 bits per heavy atom. The Kier molecular flexibility index (Phi) is 33.1. The van der Waals surface area contributed by atoms with Crippen LogP contribution < -0.4 is 38.4 Å². The van der Waals surface area contributed by atoms with Gasteiger partial charge in [-0.3, -0.25) is 75.6 Å². The van der Waals surface area contributed by atoms with Crippen LogP contribution in [0.5, 0.6) is 5.75 Å². The van der Waals surface area contributed by atoms with Gasteiger partial charge in [-0.15, -0.1) is 9.24 Å². The molecule has 49 heteroatoms. The number of benzene rings is 4. The Hall–Kier alpha value is -8.52. The quantitative estimate of drug-likeness (QED) is 0.0115. The molecule has 3 saturated heterocycles. The van der Waals surface area contributed by atoms with Crippen LogP contribution in [0, 0.1) is 45.3 Å². The van der Waals surface area contributed by atoms with Crippen LogP contribution in [0.15, 0.2) is 149 Å². The van der Waals surface area contributed by atoms with Crippen LogP contribution in [-0.2, 0) is 58.7 Å². The van der Waals surface area contributed by atoms with Crippen molar-refractivity contribution in [3.8, 4) is 5.75 Å². The average molecular weight is 2010 g/mol. The second-order valence-electron chi connectivity index (χ2n) is 34.6. The first-order valence-corrected chi connectivity index (χ1v) is 53.9. The number of anilines is 3. The zero-order valence-corrected chi connectivity index (χ0v) is 81.4. The Bertz CT molecular complexity index is 6280. The average Bonchev–Trinajstić information content (AvgIpc) is 1.61. The molecule has 716 valence electrons. The van der Waals surface area contributed by atoms with Crippen molar-refractivity contribution in [2.45, 2.75) is 179 Å². The molecule has 11 N–H and O–H groups in total. The first-order valence-electron chi connectivity index (χ1n) is 41.4. The maximum Gasteiger partial charge on any atom is 0.530 e. The SMILES string of the molecule is C.C=C1C(n2cnc3c(=O)[nH]c(N)nc32)C[C@H](O)[C@H]1CO[P@]1(=O)OCC[C@H](c2cc(Cl)ccc2F)O1.C=C1C(n2cnc3c(=O)[nH]c(N)nc32)C[C@H](O[Si](C)(C)C(C)(C)C)[C@H]1CO.C=C1C(n2cnc3c(=O)[nH]c(N)nc32)C[C@H](O[Si](C)(C)C(C)(C)C)[C@H]1CO[P@]1(=O)OCC[C@H](c2cc(Cl)ccc2F)O1.CP.O=[N+]([O-])c1ccc(OP2(=O)OCC[C@H](c3cc(Cl)ccc3F)O2)cc1. The summed E-state index contributed by atoms with van der Waals surface area (Å²) in [5.74, 6) is -2.79. The second kappa shape index (κ2) is 42.0. The van der Waals surface area contributed by atoms with Crippen LogP contribution in [0.25, 0.3) is 33.5 Å². The van der Waals surface area contributed by atoms with Crippen molar-refractivity contribution in [1.82, 2.24) is 58.6 Å². The van der Waals surface area contributed by atoms with Crippen molar-refractivity contribution in [2.75, 3.05) is 63.5 Å². The minimum Gasteiger partial charge on any atom is -0.413 e. The molecule has 6 aliphatic rings. The van der Waals surface area contributed by atoms with Gasteiger partial charge in [0.15, 0.2) is 50.1 Å². The molecule has 0 spiro atoms. The van der Waals surface area contributed by atoms with Crippen molar-refractivity contribution in [3.05, 3.63) is 225 Å². The Morgan fingerprint density at radius 1 is 0.553 bits per heavy atom. The number of phosphoric acid groups is 3. The molecule has 6 fully saturated rings. The highest BCUT2D eigenvalue weighted by Crippen LogP contribution is 2.62. The van der Waals surface area contributed by atoms with E-state index >= 15 is 0 Å². The third kappa shape index (κ3) is 23.4. The molecule has 37 nitrogen and oxygen atoms in total. The number of aliphatic hydroxyl groups is 2. The third-order valence-corrected chi connectivity index (χ3v) is 38.3. The van der Waals surface area contributed by atoms with E-state index in [4.69, 9.17) is 102 Å². The van der Waals surface area contributed by atoms with Gasteiger partial charge in [-0.05, 0) is 139 Å². The van der Waals surface area contributed by atoms with Crippen LogP contribution in [0.3, 0.4) is 0 Å². The predicted octanol–water partition coefficient (Wildman–Crippen LogP) is 18.0. The number of halogens is 6. The van der Waals surface area contributed by atoms with Crippen LogP contribution >= 0.6 is 67.5 Å². The van der Waals surface area contributed by atoms with Crippen molar-refractivity contribution in [1.29, 1.82) is 0 Å². The van der Waals surface area contributed by atoms with Crippen LogP contribution in [0.1, 0.15) is 141 Å². The molecule has 0 bridgehead atoms. The number of phosphoric ester groups is 3. The van der Waals surface area contributed by atoms with Crippen molar-refractivity contribution in [3.63, 3.8) is 0 Å². The summed E-state index contributed by atoms with van der Waals surface area (Å²) >= 11 is 17.9. The summed E-state index contributed by atoms with van der Waals surface area (Å²) in [6, 6.07) is 16.1. The summed E-state index contributed by atoms with van der Waals surface area (Å²) in [6.07, 6.45) is 2.76. The number of non-ortho nitro benzene ring substituents is 1. The van der Waals surface area contributed by atoms with E-state index in [0.717, 1.165) is 11.1 Å². The van der Waals surface area contributed by atoms with E-state index in [1.54, 1.807) is 15.5 Å². The van der Waals surface area contributed by atoms with E-state index < -0.39 is 116 Å². The van der Waals surface area contributed by atoms with Crippen LogP contribution in [-0.4, -0.2) is 155 Å². The number of hydrogen-bond donors (Lipinski definition) is 8. The maximum atomic E-state index is 14.6. The number of nitrogens with two attached hydrogens (primary N) is 3. The Morgan fingerprint density at radius 3 is 1.23 bits per heavy atom. The van der Waals surface area contributed by atoms with Crippen LogP contribution in [0.4, 0.5) is 36.7 Å². The highest BCUT2D eigenvalue weighted by Gasteiger charge is 2.51. The zero-order chi connectivity index (χ0) is 95.7. The number of aliphatic hydroxyl groups excluding tert-OH is 2. The fraction of sp³-hybridized carbons (Fsp3) is 0.458. The molecule has 9 heterocycles. The fourth-order valence-corrected chi connectivity index (χ4v) is 22.7. The van der Waals surface area contributed by atoms with E-state index in [1.807, 2.05) is 11.2 Å². The lowest BCUT2D eigenvalue weighted by atomic mass is 10.0. The van der Waals surface area contributed by atoms with E-state index in [2.05, 4.69) is 142 Å². The summed E-state index contributed by atoms with van der Waals surface area (Å²) in [7, 11) is -14.0. The lowest BCUT2D eigenvalue weighted by Crippen LogP contribution is -2.45. The van der Waals surface area contributed by atoms with Gasteiger partial charge in [0.1, 0.15) is 29.3 Å². The van der Waals surface area contributed by atoms with Crippen molar-refractivity contribution in [2.24, 2.45) is 17.8 Å². The highest BCUT2D eigenvalue weighted by atomic mass is 35.5. The molecule has 10 aromatic rings. The summed E-state index contributed by atoms with van der Waals surface area (Å²) < 4.78 is 150. The molecule has 3 aliphatic carbocycles. The van der Waals surface area contributed by atoms with Gasteiger partial charge < -0.3 is 54.5 Å². The number of rotatable bonds is 20. The molecule has 3 aliphatic heterocycles. The monoisotopic (exact) mass is 2010 g/mol. The van der Waals surface area contributed by atoms with Gasteiger partial charge in [-0.2, -0.15) is 15.0 Å². The lowest BCUT2D eigenvalue weighted by molar-refractivity contribution is -0.384. The van der Waals surface area contributed by atoms with Gasteiger partial charge in [0.25, 0.3) is 22.4 Å². The van der Waals surface area contributed by atoms with Crippen LogP contribution in [0.2, 0.25) is 51.3 Å². The van der Waals surface area contributed by atoms with Gasteiger partial charge in [0.05, 0.1) is 112 Å². The van der Waals surface area contributed by atoms with Crippen molar-refractivity contribution < 1.29 is 91.6 Å².